The quantitative estimate of drug-likeness (QED) is 0.803. The van der Waals surface area contributed by atoms with Crippen molar-refractivity contribution in [3.05, 3.63) is 48.5 Å². The molecule has 1 aromatic heterocycles. The van der Waals surface area contributed by atoms with Gasteiger partial charge in [-0.2, -0.15) is 5.10 Å². The van der Waals surface area contributed by atoms with Crippen molar-refractivity contribution in [3.8, 4) is 5.75 Å². The molecule has 0 spiro atoms. The third-order valence-corrected chi connectivity index (χ3v) is 4.51. The summed E-state index contributed by atoms with van der Waals surface area (Å²) in [6.07, 6.45) is 4.49. The van der Waals surface area contributed by atoms with Gasteiger partial charge in [-0.25, -0.2) is 4.39 Å². The third-order valence-electron chi connectivity index (χ3n) is 4.51. The van der Waals surface area contributed by atoms with Crippen molar-refractivity contribution in [1.29, 1.82) is 0 Å². The lowest BCUT2D eigenvalue weighted by Gasteiger charge is -2.36. The third kappa shape index (κ3) is 4.34. The average Bonchev–Trinajstić information content (AvgIpc) is 3.17. The van der Waals surface area contributed by atoms with Crippen molar-refractivity contribution in [2.75, 3.05) is 19.6 Å². The van der Waals surface area contributed by atoms with Crippen molar-refractivity contribution in [2.45, 2.75) is 31.4 Å². The maximum Gasteiger partial charge on any atom is 0.248 e. The Balaban J connectivity index is 0.00000243. The van der Waals surface area contributed by atoms with Crippen LogP contribution in [-0.2, 0) is 10.3 Å². The van der Waals surface area contributed by atoms with E-state index in [9.17, 15) is 9.18 Å². The summed E-state index contributed by atoms with van der Waals surface area (Å²) < 4.78 is 21.0. The maximum absolute atomic E-state index is 13.7. The minimum atomic E-state index is -0.688. The number of halogens is 2. The molecule has 1 amide bonds. The summed E-state index contributed by atoms with van der Waals surface area (Å²) in [7, 11) is 0. The number of nitrogens with one attached hydrogen (secondary N) is 2. The number of benzene rings is 1. The van der Waals surface area contributed by atoms with Crippen LogP contribution in [0.5, 0.6) is 5.75 Å². The van der Waals surface area contributed by atoms with Gasteiger partial charge in [0.1, 0.15) is 11.6 Å². The molecule has 0 bridgehead atoms. The van der Waals surface area contributed by atoms with E-state index in [1.807, 2.05) is 12.3 Å². The predicted octanol–water partition coefficient (Wildman–Crippen LogP) is 2.11. The van der Waals surface area contributed by atoms with Crippen LogP contribution in [0.25, 0.3) is 0 Å². The standard InChI is InChI=1S/C18H23FN4O2.ClH/c1-14(25-16-6-3-2-5-15(16)19)13-21-17(24)18(7-10-20-11-8-18)23-12-4-9-22-23;/h2-6,9,12,14,20H,7-8,10-11,13H2,1H3,(H,21,24);1H. The summed E-state index contributed by atoms with van der Waals surface area (Å²) in [5.41, 5.74) is -0.688. The zero-order chi connectivity index (χ0) is 17.7. The fraction of sp³-hybridized carbons (Fsp3) is 0.444. The van der Waals surface area contributed by atoms with E-state index in [1.54, 1.807) is 36.0 Å². The van der Waals surface area contributed by atoms with Gasteiger partial charge < -0.3 is 15.4 Å². The number of ether oxygens (including phenoxy) is 1. The molecule has 2 aromatic rings. The summed E-state index contributed by atoms with van der Waals surface area (Å²) in [6.45, 7) is 3.61. The molecule has 0 aliphatic carbocycles. The van der Waals surface area contributed by atoms with Crippen molar-refractivity contribution in [1.82, 2.24) is 20.4 Å². The molecule has 1 unspecified atom stereocenters. The van der Waals surface area contributed by atoms with Gasteiger partial charge in [-0.3, -0.25) is 9.48 Å². The lowest BCUT2D eigenvalue weighted by molar-refractivity contribution is -0.132. The number of aromatic nitrogens is 2. The Morgan fingerprint density at radius 2 is 2.12 bits per heavy atom. The highest BCUT2D eigenvalue weighted by molar-refractivity contribution is 5.85. The molecule has 142 valence electrons. The molecule has 1 fully saturated rings. The van der Waals surface area contributed by atoms with Gasteiger partial charge in [0.05, 0.1) is 6.54 Å². The number of rotatable bonds is 6. The molecule has 1 aliphatic rings. The number of carbonyl (C=O) groups excluding carboxylic acids is 1. The first-order valence-electron chi connectivity index (χ1n) is 8.52. The monoisotopic (exact) mass is 382 g/mol. The van der Waals surface area contributed by atoms with Crippen LogP contribution >= 0.6 is 12.4 Å². The molecule has 2 N–H and O–H groups in total. The predicted molar refractivity (Wildman–Crippen MR) is 99.1 cm³/mol. The van der Waals surface area contributed by atoms with E-state index in [-0.39, 0.29) is 30.2 Å². The zero-order valence-corrected chi connectivity index (χ0v) is 15.5. The van der Waals surface area contributed by atoms with Crippen LogP contribution in [0.3, 0.4) is 0 Å². The van der Waals surface area contributed by atoms with Gasteiger partial charge in [0.25, 0.3) is 0 Å². The number of piperidine rings is 1. The van der Waals surface area contributed by atoms with Crippen molar-refractivity contribution >= 4 is 18.3 Å². The molecule has 8 heteroatoms. The first kappa shape index (κ1) is 20.2. The molecule has 0 radical (unpaired) electrons. The Morgan fingerprint density at radius 3 is 2.77 bits per heavy atom. The number of nitrogens with zero attached hydrogens (tertiary/aromatic N) is 2. The Morgan fingerprint density at radius 1 is 1.38 bits per heavy atom. The second-order valence-electron chi connectivity index (χ2n) is 6.30. The molecular formula is C18H24ClFN4O2. The smallest absolute Gasteiger partial charge is 0.248 e. The van der Waals surface area contributed by atoms with Crippen LogP contribution in [0.4, 0.5) is 4.39 Å². The maximum atomic E-state index is 13.7. The Kier molecular flexibility index (Phi) is 6.99. The van der Waals surface area contributed by atoms with E-state index in [0.717, 1.165) is 13.1 Å². The van der Waals surface area contributed by atoms with Crippen LogP contribution in [0.2, 0.25) is 0 Å². The van der Waals surface area contributed by atoms with Gasteiger partial charge in [-0.1, -0.05) is 12.1 Å². The van der Waals surface area contributed by atoms with E-state index < -0.39 is 11.4 Å². The number of amides is 1. The fourth-order valence-electron chi connectivity index (χ4n) is 3.12. The normalized spacial score (nSPS) is 17.0. The lowest BCUT2D eigenvalue weighted by atomic mass is 9.87. The number of para-hydroxylation sites is 1. The summed E-state index contributed by atoms with van der Waals surface area (Å²) >= 11 is 0. The van der Waals surface area contributed by atoms with Gasteiger partial charge in [-0.15, -0.1) is 12.4 Å². The van der Waals surface area contributed by atoms with E-state index in [1.165, 1.54) is 6.07 Å². The van der Waals surface area contributed by atoms with Gasteiger partial charge in [0.15, 0.2) is 11.6 Å². The van der Waals surface area contributed by atoms with Crippen LogP contribution < -0.4 is 15.4 Å². The van der Waals surface area contributed by atoms with E-state index in [0.29, 0.717) is 19.4 Å². The zero-order valence-electron chi connectivity index (χ0n) is 14.7. The lowest BCUT2D eigenvalue weighted by Crippen LogP contribution is -2.55. The van der Waals surface area contributed by atoms with Crippen molar-refractivity contribution < 1.29 is 13.9 Å². The molecule has 2 heterocycles. The fourth-order valence-corrected chi connectivity index (χ4v) is 3.12. The molecule has 1 saturated heterocycles. The summed E-state index contributed by atoms with van der Waals surface area (Å²) in [5.74, 6) is -0.304. The summed E-state index contributed by atoms with van der Waals surface area (Å²) in [5, 5.41) is 10.5. The molecule has 26 heavy (non-hydrogen) atoms. The Labute approximate surface area is 158 Å². The minimum absolute atomic E-state index is 0. The first-order valence-corrected chi connectivity index (χ1v) is 8.52. The Bertz CT molecular complexity index is 705. The SMILES string of the molecule is CC(CNC(=O)C1(n2cccn2)CCNCC1)Oc1ccccc1F.Cl. The molecule has 1 aromatic carbocycles. The summed E-state index contributed by atoms with van der Waals surface area (Å²) in [4.78, 5) is 12.9. The van der Waals surface area contributed by atoms with E-state index in [2.05, 4.69) is 15.7 Å². The topological polar surface area (TPSA) is 68.2 Å². The number of hydrogen-bond acceptors (Lipinski definition) is 4. The molecule has 1 atom stereocenters. The number of hydrogen-bond donors (Lipinski definition) is 2. The van der Waals surface area contributed by atoms with E-state index >= 15 is 0 Å². The van der Waals surface area contributed by atoms with Crippen molar-refractivity contribution in [3.63, 3.8) is 0 Å². The molecule has 0 saturated carbocycles. The Hall–Kier alpha value is -2.12. The molecular weight excluding hydrogens is 359 g/mol. The van der Waals surface area contributed by atoms with Crippen LogP contribution in [0, 0.1) is 5.82 Å². The van der Waals surface area contributed by atoms with Crippen molar-refractivity contribution in [2.24, 2.45) is 0 Å². The minimum Gasteiger partial charge on any atom is -0.486 e. The molecule has 1 aliphatic heterocycles. The van der Waals surface area contributed by atoms with Gasteiger partial charge in [0.2, 0.25) is 5.91 Å². The largest absolute Gasteiger partial charge is 0.486 e. The van der Waals surface area contributed by atoms with Crippen LogP contribution in [0.15, 0.2) is 42.7 Å². The van der Waals surface area contributed by atoms with Gasteiger partial charge >= 0.3 is 0 Å². The van der Waals surface area contributed by atoms with Gasteiger partial charge in [-0.05, 0) is 51.1 Å². The molecule has 3 rings (SSSR count). The average molecular weight is 383 g/mol. The van der Waals surface area contributed by atoms with Crippen LogP contribution in [0.1, 0.15) is 19.8 Å². The number of carbonyl (C=O) groups is 1. The highest BCUT2D eigenvalue weighted by Crippen LogP contribution is 2.27. The van der Waals surface area contributed by atoms with Crippen LogP contribution in [-0.4, -0.2) is 41.4 Å². The highest BCUT2D eigenvalue weighted by Gasteiger charge is 2.41. The highest BCUT2D eigenvalue weighted by atomic mass is 35.5. The van der Waals surface area contributed by atoms with E-state index in [4.69, 9.17) is 4.74 Å². The second kappa shape index (κ2) is 9.00. The summed E-state index contributed by atoms with van der Waals surface area (Å²) in [6, 6.07) is 8.07. The molecule has 6 nitrogen and oxygen atoms in total. The second-order valence-corrected chi connectivity index (χ2v) is 6.30. The first-order chi connectivity index (χ1) is 12.1. The van der Waals surface area contributed by atoms with Gasteiger partial charge in [0, 0.05) is 12.4 Å².